The van der Waals surface area contributed by atoms with Crippen LogP contribution in [0.2, 0.25) is 0 Å². The van der Waals surface area contributed by atoms with Crippen molar-refractivity contribution in [2.45, 2.75) is 11.4 Å². The van der Waals surface area contributed by atoms with E-state index in [1.54, 1.807) is 24.3 Å². The molecule has 3 rings (SSSR count). The van der Waals surface area contributed by atoms with Gasteiger partial charge in [0.1, 0.15) is 11.6 Å². The standard InChI is InChI=1S/C23H23FN4O5S/c1-33-21-8-3-2-7-20(21)28-34(31,32)19-6-4-5-18(13-19)27-22(29)15-26-23(30)25-14-16-9-11-17(24)12-10-16/h2-13,28H,14-15H2,1H3,(H,27,29)(H2,25,26,30). The number of hydrogen-bond donors (Lipinski definition) is 4. The van der Waals surface area contributed by atoms with Gasteiger partial charge in [-0.3, -0.25) is 9.52 Å². The van der Waals surface area contributed by atoms with Gasteiger partial charge in [0, 0.05) is 12.2 Å². The molecule has 0 aliphatic carbocycles. The van der Waals surface area contributed by atoms with Crippen molar-refractivity contribution in [2.24, 2.45) is 0 Å². The molecule has 0 aromatic heterocycles. The highest BCUT2D eigenvalue weighted by Crippen LogP contribution is 2.26. The molecule has 0 aliphatic rings. The molecule has 0 atom stereocenters. The van der Waals surface area contributed by atoms with Crippen molar-refractivity contribution in [1.82, 2.24) is 10.6 Å². The number of hydrogen-bond acceptors (Lipinski definition) is 5. The summed E-state index contributed by atoms with van der Waals surface area (Å²) in [5.41, 5.74) is 1.21. The minimum absolute atomic E-state index is 0.0683. The smallest absolute Gasteiger partial charge is 0.315 e. The fourth-order valence-electron chi connectivity index (χ4n) is 2.89. The second-order valence-electron chi connectivity index (χ2n) is 7.04. The lowest BCUT2D eigenvalue weighted by Crippen LogP contribution is -2.39. The van der Waals surface area contributed by atoms with Crippen LogP contribution in [-0.4, -0.2) is 34.0 Å². The number of anilines is 2. The van der Waals surface area contributed by atoms with E-state index in [1.807, 2.05) is 0 Å². The Hall–Kier alpha value is -4.12. The van der Waals surface area contributed by atoms with Gasteiger partial charge >= 0.3 is 6.03 Å². The quantitative estimate of drug-likeness (QED) is 0.370. The number of ether oxygens (including phenoxy) is 1. The molecule has 0 unspecified atom stereocenters. The molecule has 3 amide bonds. The van der Waals surface area contributed by atoms with E-state index >= 15 is 0 Å². The third-order valence-electron chi connectivity index (χ3n) is 4.56. The van der Waals surface area contributed by atoms with Crippen LogP contribution < -0.4 is 25.4 Å². The van der Waals surface area contributed by atoms with Crippen molar-refractivity contribution in [3.63, 3.8) is 0 Å². The predicted octanol–water partition coefficient (Wildman–Crippen LogP) is 3.07. The highest BCUT2D eigenvalue weighted by Gasteiger charge is 2.17. The number of halogens is 1. The first-order valence-electron chi connectivity index (χ1n) is 10.1. The van der Waals surface area contributed by atoms with Crippen LogP contribution in [-0.2, 0) is 21.4 Å². The molecular weight excluding hydrogens is 463 g/mol. The molecule has 178 valence electrons. The van der Waals surface area contributed by atoms with Gasteiger partial charge in [0.2, 0.25) is 5.91 Å². The molecule has 0 saturated carbocycles. The summed E-state index contributed by atoms with van der Waals surface area (Å²) in [7, 11) is -2.52. The highest BCUT2D eigenvalue weighted by atomic mass is 32.2. The monoisotopic (exact) mass is 486 g/mol. The second-order valence-corrected chi connectivity index (χ2v) is 8.73. The molecular formula is C23H23FN4O5S. The average Bonchev–Trinajstić information content (AvgIpc) is 2.82. The van der Waals surface area contributed by atoms with Gasteiger partial charge in [0.05, 0.1) is 24.2 Å². The number of para-hydroxylation sites is 2. The van der Waals surface area contributed by atoms with Crippen LogP contribution in [0.15, 0.2) is 77.7 Å². The minimum Gasteiger partial charge on any atom is -0.495 e. The number of carbonyl (C=O) groups excluding carboxylic acids is 2. The number of benzene rings is 3. The van der Waals surface area contributed by atoms with Crippen molar-refractivity contribution in [3.8, 4) is 5.75 Å². The molecule has 0 bridgehead atoms. The molecule has 3 aromatic carbocycles. The van der Waals surface area contributed by atoms with E-state index in [1.165, 1.54) is 55.6 Å². The van der Waals surface area contributed by atoms with Crippen LogP contribution >= 0.6 is 0 Å². The van der Waals surface area contributed by atoms with Crippen LogP contribution in [0.1, 0.15) is 5.56 Å². The first-order chi connectivity index (χ1) is 16.3. The summed E-state index contributed by atoms with van der Waals surface area (Å²) in [6.07, 6.45) is 0. The normalized spacial score (nSPS) is 10.8. The maximum absolute atomic E-state index is 12.9. The zero-order valence-corrected chi connectivity index (χ0v) is 19.0. The third-order valence-corrected chi connectivity index (χ3v) is 5.92. The number of rotatable bonds is 9. The Morgan fingerprint density at radius 3 is 2.41 bits per heavy atom. The van der Waals surface area contributed by atoms with E-state index < -0.39 is 22.0 Å². The third kappa shape index (κ3) is 6.94. The largest absolute Gasteiger partial charge is 0.495 e. The molecule has 0 fully saturated rings. The summed E-state index contributed by atoms with van der Waals surface area (Å²) < 4.78 is 46.0. The van der Waals surface area contributed by atoms with Gasteiger partial charge in [0.15, 0.2) is 0 Å². The first-order valence-corrected chi connectivity index (χ1v) is 11.6. The zero-order valence-electron chi connectivity index (χ0n) is 18.2. The zero-order chi connectivity index (χ0) is 24.6. The number of nitrogens with one attached hydrogen (secondary N) is 4. The lowest BCUT2D eigenvalue weighted by atomic mass is 10.2. The summed E-state index contributed by atoms with van der Waals surface area (Å²) in [4.78, 5) is 24.0. The van der Waals surface area contributed by atoms with E-state index in [0.29, 0.717) is 11.3 Å². The summed E-state index contributed by atoms with van der Waals surface area (Å²) in [5.74, 6) is -0.569. The number of amides is 3. The van der Waals surface area contributed by atoms with E-state index in [9.17, 15) is 22.4 Å². The van der Waals surface area contributed by atoms with Crippen LogP contribution in [0, 0.1) is 5.82 Å². The Balaban J connectivity index is 1.54. The first kappa shape index (κ1) is 24.5. The number of methoxy groups -OCH3 is 1. The Morgan fingerprint density at radius 2 is 1.68 bits per heavy atom. The van der Waals surface area contributed by atoms with Gasteiger partial charge in [-0.2, -0.15) is 0 Å². The Labute approximate surface area is 196 Å². The van der Waals surface area contributed by atoms with E-state index in [0.717, 1.165) is 0 Å². The summed E-state index contributed by atoms with van der Waals surface area (Å²) in [5, 5.41) is 7.48. The Bertz CT molecular complexity index is 1270. The Kier molecular flexibility index (Phi) is 8.04. The lowest BCUT2D eigenvalue weighted by Gasteiger charge is -2.13. The molecule has 34 heavy (non-hydrogen) atoms. The number of carbonyl (C=O) groups is 2. The molecule has 11 heteroatoms. The molecule has 9 nitrogen and oxygen atoms in total. The topological polar surface area (TPSA) is 126 Å². The van der Waals surface area contributed by atoms with Gasteiger partial charge in [-0.05, 0) is 48.0 Å². The van der Waals surface area contributed by atoms with Crippen molar-refractivity contribution >= 4 is 33.3 Å². The predicted molar refractivity (Wildman–Crippen MR) is 126 cm³/mol. The Morgan fingerprint density at radius 1 is 0.941 bits per heavy atom. The molecule has 0 saturated heterocycles. The maximum Gasteiger partial charge on any atom is 0.315 e. The maximum atomic E-state index is 12.9. The van der Waals surface area contributed by atoms with Gasteiger partial charge in [-0.1, -0.05) is 30.3 Å². The van der Waals surface area contributed by atoms with Gasteiger partial charge < -0.3 is 20.7 Å². The van der Waals surface area contributed by atoms with E-state index in [4.69, 9.17) is 4.74 Å². The lowest BCUT2D eigenvalue weighted by molar-refractivity contribution is -0.115. The van der Waals surface area contributed by atoms with Crippen molar-refractivity contribution in [3.05, 3.63) is 84.2 Å². The summed E-state index contributed by atoms with van der Waals surface area (Å²) in [6.45, 7) is -0.182. The van der Waals surface area contributed by atoms with E-state index in [2.05, 4.69) is 20.7 Å². The van der Waals surface area contributed by atoms with E-state index in [-0.39, 0.29) is 35.2 Å². The van der Waals surface area contributed by atoms with Crippen LogP contribution in [0.4, 0.5) is 20.6 Å². The average molecular weight is 487 g/mol. The molecule has 4 N–H and O–H groups in total. The SMILES string of the molecule is COc1ccccc1NS(=O)(=O)c1cccc(NC(=O)CNC(=O)NCc2ccc(F)cc2)c1. The van der Waals surface area contributed by atoms with Gasteiger partial charge in [0.25, 0.3) is 10.0 Å². The summed E-state index contributed by atoms with van der Waals surface area (Å²) >= 11 is 0. The molecule has 0 heterocycles. The summed E-state index contributed by atoms with van der Waals surface area (Å²) in [6, 6.07) is 17.3. The molecule has 0 radical (unpaired) electrons. The van der Waals surface area contributed by atoms with Crippen LogP contribution in [0.5, 0.6) is 5.75 Å². The molecule has 0 aliphatic heterocycles. The second kappa shape index (κ2) is 11.1. The number of sulfonamides is 1. The minimum atomic E-state index is -3.95. The highest BCUT2D eigenvalue weighted by molar-refractivity contribution is 7.92. The van der Waals surface area contributed by atoms with Crippen molar-refractivity contribution < 1.29 is 27.1 Å². The van der Waals surface area contributed by atoms with Crippen molar-refractivity contribution in [2.75, 3.05) is 23.7 Å². The van der Waals surface area contributed by atoms with Crippen LogP contribution in [0.3, 0.4) is 0 Å². The number of urea groups is 1. The van der Waals surface area contributed by atoms with Gasteiger partial charge in [-0.25, -0.2) is 17.6 Å². The van der Waals surface area contributed by atoms with Crippen LogP contribution in [0.25, 0.3) is 0 Å². The van der Waals surface area contributed by atoms with Gasteiger partial charge in [-0.15, -0.1) is 0 Å². The van der Waals surface area contributed by atoms with Crippen molar-refractivity contribution in [1.29, 1.82) is 0 Å². The molecule has 0 spiro atoms. The molecule has 3 aromatic rings. The fourth-order valence-corrected chi connectivity index (χ4v) is 4.00. The fraction of sp³-hybridized carbons (Fsp3) is 0.130.